The smallest absolute Gasteiger partial charge is 0.262 e. The summed E-state index contributed by atoms with van der Waals surface area (Å²) in [5, 5.41) is 3.15. The van der Waals surface area contributed by atoms with Crippen molar-refractivity contribution in [1.82, 2.24) is 0 Å². The minimum atomic E-state index is -3.82. The second kappa shape index (κ2) is 10.5. The van der Waals surface area contributed by atoms with Crippen molar-refractivity contribution in [2.75, 3.05) is 30.9 Å². The fourth-order valence-corrected chi connectivity index (χ4v) is 4.06. The van der Waals surface area contributed by atoms with Crippen LogP contribution in [0.3, 0.4) is 0 Å². The first-order valence-electron chi connectivity index (χ1n) is 9.75. The van der Waals surface area contributed by atoms with Crippen molar-refractivity contribution in [3.05, 3.63) is 71.2 Å². The number of carbonyl (C=O) groups is 1. The topological polar surface area (TPSA) is 103 Å². The zero-order valence-corrected chi connectivity index (χ0v) is 19.8. The van der Waals surface area contributed by atoms with Crippen molar-refractivity contribution < 1.29 is 27.4 Å². The summed E-state index contributed by atoms with van der Waals surface area (Å²) in [7, 11) is -0.804. The predicted octanol–water partition coefficient (Wildman–Crippen LogP) is 4.48. The zero-order chi connectivity index (χ0) is 24.0. The molecule has 0 heterocycles. The number of aryl methyl sites for hydroxylation is 1. The SMILES string of the molecule is COc1ccc(OC)c(NC(=O)COc2ccc(S(=O)(=O)Nc3ccc(C)c(Cl)c3)cc2)c1. The fraction of sp³-hybridized carbons (Fsp3) is 0.174. The largest absolute Gasteiger partial charge is 0.497 e. The van der Waals surface area contributed by atoms with Crippen LogP contribution in [0.2, 0.25) is 5.02 Å². The lowest BCUT2D eigenvalue weighted by molar-refractivity contribution is -0.118. The van der Waals surface area contributed by atoms with Crippen LogP contribution in [0.1, 0.15) is 5.56 Å². The van der Waals surface area contributed by atoms with Crippen molar-refractivity contribution in [3.63, 3.8) is 0 Å². The summed E-state index contributed by atoms with van der Waals surface area (Å²) in [6, 6.07) is 15.6. The van der Waals surface area contributed by atoms with Gasteiger partial charge in [-0.2, -0.15) is 0 Å². The molecule has 1 amide bonds. The highest BCUT2D eigenvalue weighted by atomic mass is 35.5. The van der Waals surface area contributed by atoms with Crippen molar-refractivity contribution in [3.8, 4) is 17.2 Å². The normalized spacial score (nSPS) is 10.9. The van der Waals surface area contributed by atoms with E-state index in [1.807, 2.05) is 6.92 Å². The van der Waals surface area contributed by atoms with Gasteiger partial charge in [0.1, 0.15) is 17.2 Å². The highest BCUT2D eigenvalue weighted by Crippen LogP contribution is 2.29. The van der Waals surface area contributed by atoms with Crippen LogP contribution in [0.5, 0.6) is 17.2 Å². The van der Waals surface area contributed by atoms with E-state index in [0.717, 1.165) is 5.56 Å². The number of rotatable bonds is 9. The van der Waals surface area contributed by atoms with Crippen molar-refractivity contribution in [2.45, 2.75) is 11.8 Å². The second-order valence-corrected chi connectivity index (χ2v) is 9.03. The Morgan fingerprint density at radius 3 is 2.27 bits per heavy atom. The molecule has 8 nitrogen and oxygen atoms in total. The standard InChI is InChI=1S/C23H23ClN2O6S/c1-15-4-5-16(12-20(15)24)26-33(28,29)19-9-6-17(7-10-19)32-14-23(27)25-21-13-18(30-2)8-11-22(21)31-3/h4-13,26H,14H2,1-3H3,(H,25,27). The molecule has 10 heteroatoms. The van der Waals surface area contributed by atoms with Crippen LogP contribution in [-0.2, 0) is 14.8 Å². The van der Waals surface area contributed by atoms with Gasteiger partial charge < -0.3 is 19.5 Å². The predicted molar refractivity (Wildman–Crippen MR) is 127 cm³/mol. The molecular formula is C23H23ClN2O6S. The van der Waals surface area contributed by atoms with Gasteiger partial charge in [-0.3, -0.25) is 9.52 Å². The van der Waals surface area contributed by atoms with Crippen LogP contribution in [-0.4, -0.2) is 35.2 Å². The third-order valence-corrected chi connectivity index (χ3v) is 6.41. The summed E-state index contributed by atoms with van der Waals surface area (Å²) >= 11 is 6.06. The molecule has 0 spiro atoms. The van der Waals surface area contributed by atoms with Crippen molar-refractivity contribution >= 4 is 38.9 Å². The van der Waals surface area contributed by atoms with E-state index >= 15 is 0 Å². The highest BCUT2D eigenvalue weighted by molar-refractivity contribution is 7.92. The summed E-state index contributed by atoms with van der Waals surface area (Å²) in [5.74, 6) is 0.947. The molecule has 0 saturated carbocycles. The molecule has 0 bridgehead atoms. The van der Waals surface area contributed by atoms with Crippen molar-refractivity contribution in [2.24, 2.45) is 0 Å². The minimum absolute atomic E-state index is 0.0390. The highest BCUT2D eigenvalue weighted by Gasteiger charge is 2.15. The molecule has 0 aliphatic rings. The van der Waals surface area contributed by atoms with E-state index in [-0.39, 0.29) is 11.5 Å². The third kappa shape index (κ3) is 6.30. The van der Waals surface area contributed by atoms with Gasteiger partial charge in [-0.05, 0) is 61.0 Å². The van der Waals surface area contributed by atoms with Gasteiger partial charge in [0.25, 0.3) is 15.9 Å². The average molecular weight is 491 g/mol. The number of hydrogen-bond acceptors (Lipinski definition) is 6. The van der Waals surface area contributed by atoms with E-state index in [4.69, 9.17) is 25.8 Å². The lowest BCUT2D eigenvalue weighted by atomic mass is 10.2. The van der Waals surface area contributed by atoms with Crippen LogP contribution < -0.4 is 24.2 Å². The lowest BCUT2D eigenvalue weighted by Gasteiger charge is -2.13. The number of ether oxygens (including phenoxy) is 3. The molecule has 0 aliphatic heterocycles. The Bertz CT molecular complexity index is 1250. The monoisotopic (exact) mass is 490 g/mol. The number of benzene rings is 3. The molecule has 0 unspecified atom stereocenters. The minimum Gasteiger partial charge on any atom is -0.497 e. The number of sulfonamides is 1. The molecule has 3 aromatic carbocycles. The Morgan fingerprint density at radius 1 is 0.939 bits per heavy atom. The maximum Gasteiger partial charge on any atom is 0.262 e. The van der Waals surface area contributed by atoms with Gasteiger partial charge in [-0.25, -0.2) is 8.42 Å². The molecule has 33 heavy (non-hydrogen) atoms. The Morgan fingerprint density at radius 2 is 1.64 bits per heavy atom. The summed E-state index contributed by atoms with van der Waals surface area (Å²) in [6.45, 7) is 1.54. The molecule has 174 valence electrons. The Balaban J connectivity index is 1.61. The fourth-order valence-electron chi connectivity index (χ4n) is 2.83. The summed E-state index contributed by atoms with van der Waals surface area (Å²) < 4.78 is 43.5. The molecule has 2 N–H and O–H groups in total. The molecule has 0 aliphatic carbocycles. The number of carbonyl (C=O) groups excluding carboxylic acids is 1. The first-order valence-corrected chi connectivity index (χ1v) is 11.6. The van der Waals surface area contributed by atoms with Crippen LogP contribution in [0.25, 0.3) is 0 Å². The van der Waals surface area contributed by atoms with Gasteiger partial charge in [-0.15, -0.1) is 0 Å². The second-order valence-electron chi connectivity index (χ2n) is 6.94. The first kappa shape index (κ1) is 24.2. The maximum absolute atomic E-state index is 12.6. The molecular weight excluding hydrogens is 468 g/mol. The molecule has 0 saturated heterocycles. The quantitative estimate of drug-likeness (QED) is 0.458. The van der Waals surface area contributed by atoms with E-state index in [1.165, 1.54) is 38.5 Å². The first-order chi connectivity index (χ1) is 15.7. The number of hydrogen-bond donors (Lipinski definition) is 2. The van der Waals surface area contributed by atoms with E-state index in [9.17, 15) is 13.2 Å². The molecule has 0 aromatic heterocycles. The Hall–Kier alpha value is -3.43. The number of anilines is 2. The van der Waals surface area contributed by atoms with Crippen LogP contribution >= 0.6 is 11.6 Å². The van der Waals surface area contributed by atoms with Gasteiger partial charge in [0, 0.05) is 11.1 Å². The summed E-state index contributed by atoms with van der Waals surface area (Å²) in [5.41, 5.74) is 1.64. The summed E-state index contributed by atoms with van der Waals surface area (Å²) in [4.78, 5) is 12.3. The molecule has 0 atom stereocenters. The number of amides is 1. The number of methoxy groups -OCH3 is 2. The molecule has 0 radical (unpaired) electrons. The molecule has 3 rings (SSSR count). The lowest BCUT2D eigenvalue weighted by Crippen LogP contribution is -2.20. The average Bonchev–Trinajstić information content (AvgIpc) is 2.80. The molecule has 0 fully saturated rings. The van der Waals surface area contributed by atoms with E-state index < -0.39 is 15.9 Å². The third-order valence-electron chi connectivity index (χ3n) is 4.61. The zero-order valence-electron chi connectivity index (χ0n) is 18.2. The van der Waals surface area contributed by atoms with Crippen LogP contribution in [0.15, 0.2) is 65.6 Å². The molecule has 3 aromatic rings. The maximum atomic E-state index is 12.6. The van der Waals surface area contributed by atoms with Gasteiger partial charge >= 0.3 is 0 Å². The van der Waals surface area contributed by atoms with Crippen LogP contribution in [0, 0.1) is 6.92 Å². The van der Waals surface area contributed by atoms with E-state index in [0.29, 0.717) is 33.6 Å². The van der Waals surface area contributed by atoms with Gasteiger partial charge in [0.15, 0.2) is 6.61 Å². The Kier molecular flexibility index (Phi) is 7.67. The van der Waals surface area contributed by atoms with Crippen molar-refractivity contribution in [1.29, 1.82) is 0 Å². The van der Waals surface area contributed by atoms with Gasteiger partial charge in [0.05, 0.1) is 30.5 Å². The van der Waals surface area contributed by atoms with E-state index in [1.54, 1.807) is 36.4 Å². The number of nitrogens with one attached hydrogen (secondary N) is 2. The van der Waals surface area contributed by atoms with Crippen LogP contribution in [0.4, 0.5) is 11.4 Å². The number of halogens is 1. The summed E-state index contributed by atoms with van der Waals surface area (Å²) in [6.07, 6.45) is 0. The Labute approximate surface area is 197 Å². The van der Waals surface area contributed by atoms with E-state index in [2.05, 4.69) is 10.0 Å². The van der Waals surface area contributed by atoms with Gasteiger partial charge in [0.2, 0.25) is 0 Å². The van der Waals surface area contributed by atoms with Gasteiger partial charge in [-0.1, -0.05) is 17.7 Å².